The summed E-state index contributed by atoms with van der Waals surface area (Å²) in [5.41, 5.74) is 4.23. The van der Waals surface area contributed by atoms with Crippen molar-refractivity contribution >= 4 is 16.7 Å². The van der Waals surface area contributed by atoms with Crippen molar-refractivity contribution in [3.63, 3.8) is 0 Å². The lowest BCUT2D eigenvalue weighted by atomic mass is 9.98. The molecule has 126 valence electrons. The van der Waals surface area contributed by atoms with E-state index in [1.54, 1.807) is 0 Å². The van der Waals surface area contributed by atoms with E-state index in [9.17, 15) is 4.79 Å². The summed E-state index contributed by atoms with van der Waals surface area (Å²) in [6, 6.07) is 21.3. The molecule has 25 heavy (non-hydrogen) atoms. The smallest absolute Gasteiger partial charge is 0.338 e. The second-order valence-electron chi connectivity index (χ2n) is 6.73. The number of fused-ring (bicyclic) bond motifs is 2. The van der Waals surface area contributed by atoms with Gasteiger partial charge in [-0.05, 0) is 41.9 Å². The highest BCUT2D eigenvalue weighted by Gasteiger charge is 2.21. The van der Waals surface area contributed by atoms with Crippen molar-refractivity contribution in [2.24, 2.45) is 0 Å². The Kier molecular flexibility index (Phi) is 4.02. The van der Waals surface area contributed by atoms with Crippen LogP contribution in [0, 0.1) is 0 Å². The molecule has 3 heteroatoms. The maximum Gasteiger partial charge on any atom is 0.338 e. The maximum absolute atomic E-state index is 11.6. The first-order valence-corrected chi connectivity index (χ1v) is 8.60. The zero-order valence-electron chi connectivity index (χ0n) is 14.5. The first-order valence-electron chi connectivity index (χ1n) is 8.60. The SMILES string of the molecule is C[C@H](c1cccc2ccccc12)N(C)Cc1ccc2c(c1)COC2=O. The molecule has 4 rings (SSSR count). The minimum Gasteiger partial charge on any atom is -0.457 e. The molecule has 3 aromatic carbocycles. The third kappa shape index (κ3) is 2.92. The molecular weight excluding hydrogens is 310 g/mol. The van der Waals surface area contributed by atoms with Crippen LogP contribution in [0.3, 0.4) is 0 Å². The second-order valence-corrected chi connectivity index (χ2v) is 6.73. The van der Waals surface area contributed by atoms with E-state index in [0.29, 0.717) is 12.2 Å². The van der Waals surface area contributed by atoms with Crippen LogP contribution in [0.5, 0.6) is 0 Å². The van der Waals surface area contributed by atoms with Gasteiger partial charge in [-0.1, -0.05) is 54.6 Å². The lowest BCUT2D eigenvalue weighted by Gasteiger charge is -2.26. The Balaban J connectivity index is 1.58. The van der Waals surface area contributed by atoms with Crippen LogP contribution in [-0.2, 0) is 17.9 Å². The van der Waals surface area contributed by atoms with Gasteiger partial charge in [0.2, 0.25) is 0 Å². The van der Waals surface area contributed by atoms with Gasteiger partial charge in [-0.25, -0.2) is 4.79 Å². The van der Waals surface area contributed by atoms with Crippen LogP contribution in [0.25, 0.3) is 10.8 Å². The molecule has 0 saturated heterocycles. The van der Waals surface area contributed by atoms with Crippen LogP contribution in [0.4, 0.5) is 0 Å². The van der Waals surface area contributed by atoms with Crippen molar-refractivity contribution < 1.29 is 9.53 Å². The zero-order chi connectivity index (χ0) is 17.4. The van der Waals surface area contributed by atoms with Gasteiger partial charge in [0.25, 0.3) is 0 Å². The van der Waals surface area contributed by atoms with Crippen molar-refractivity contribution in [2.45, 2.75) is 26.1 Å². The predicted molar refractivity (Wildman–Crippen MR) is 99.4 cm³/mol. The van der Waals surface area contributed by atoms with Gasteiger partial charge in [-0.15, -0.1) is 0 Å². The number of carbonyl (C=O) groups is 1. The van der Waals surface area contributed by atoms with Gasteiger partial charge in [-0.2, -0.15) is 0 Å². The molecule has 1 aliphatic heterocycles. The Labute approximate surface area is 147 Å². The van der Waals surface area contributed by atoms with Crippen molar-refractivity contribution in [1.82, 2.24) is 4.90 Å². The fraction of sp³-hybridized carbons (Fsp3) is 0.227. The number of benzene rings is 3. The maximum atomic E-state index is 11.6. The Bertz CT molecular complexity index is 942. The highest BCUT2D eigenvalue weighted by Crippen LogP contribution is 2.29. The summed E-state index contributed by atoms with van der Waals surface area (Å²) < 4.78 is 5.10. The minimum absolute atomic E-state index is 0.209. The number of carbonyl (C=O) groups excluding carboxylic acids is 1. The van der Waals surface area contributed by atoms with E-state index in [-0.39, 0.29) is 12.0 Å². The van der Waals surface area contributed by atoms with Crippen LogP contribution in [-0.4, -0.2) is 17.9 Å². The molecule has 0 amide bonds. The summed E-state index contributed by atoms with van der Waals surface area (Å²) in [4.78, 5) is 13.9. The fourth-order valence-electron chi connectivity index (χ4n) is 3.56. The van der Waals surface area contributed by atoms with Gasteiger partial charge in [-0.3, -0.25) is 4.90 Å². The van der Waals surface area contributed by atoms with E-state index in [2.05, 4.69) is 67.4 Å². The van der Waals surface area contributed by atoms with Gasteiger partial charge in [0.05, 0.1) is 5.56 Å². The van der Waals surface area contributed by atoms with E-state index in [4.69, 9.17) is 4.74 Å². The van der Waals surface area contributed by atoms with Crippen LogP contribution in [0.1, 0.15) is 40.0 Å². The molecule has 0 radical (unpaired) electrons. The van der Waals surface area contributed by atoms with E-state index >= 15 is 0 Å². The van der Waals surface area contributed by atoms with Crippen molar-refractivity contribution in [3.8, 4) is 0 Å². The summed E-state index contributed by atoms with van der Waals surface area (Å²) in [6.45, 7) is 3.46. The average molecular weight is 331 g/mol. The largest absolute Gasteiger partial charge is 0.457 e. The van der Waals surface area contributed by atoms with E-state index in [0.717, 1.165) is 12.1 Å². The quantitative estimate of drug-likeness (QED) is 0.649. The number of nitrogens with zero attached hydrogens (tertiary/aromatic N) is 1. The fourth-order valence-corrected chi connectivity index (χ4v) is 3.56. The van der Waals surface area contributed by atoms with E-state index < -0.39 is 0 Å². The molecule has 0 saturated carbocycles. The van der Waals surface area contributed by atoms with Gasteiger partial charge in [0.1, 0.15) is 6.61 Å². The number of hydrogen-bond acceptors (Lipinski definition) is 3. The molecule has 0 unspecified atom stereocenters. The molecule has 0 fully saturated rings. The first kappa shape index (κ1) is 15.9. The highest BCUT2D eigenvalue weighted by atomic mass is 16.5. The normalized spacial score (nSPS) is 14.6. The zero-order valence-corrected chi connectivity index (χ0v) is 14.5. The van der Waals surface area contributed by atoms with Gasteiger partial charge in [0.15, 0.2) is 0 Å². The summed E-state index contributed by atoms with van der Waals surface area (Å²) in [5, 5.41) is 2.57. The minimum atomic E-state index is -0.209. The van der Waals surface area contributed by atoms with Crippen LogP contribution in [0.2, 0.25) is 0 Å². The third-order valence-corrected chi connectivity index (χ3v) is 5.11. The molecule has 3 nitrogen and oxygen atoms in total. The first-order chi connectivity index (χ1) is 12.1. The molecule has 1 aliphatic rings. The Hall–Kier alpha value is -2.65. The van der Waals surface area contributed by atoms with Crippen LogP contribution < -0.4 is 0 Å². The molecular formula is C22H21NO2. The van der Waals surface area contributed by atoms with Gasteiger partial charge >= 0.3 is 5.97 Å². The number of rotatable bonds is 4. The summed E-state index contributed by atoms with van der Waals surface area (Å²) in [6.07, 6.45) is 0. The van der Waals surface area contributed by atoms with Crippen LogP contribution >= 0.6 is 0 Å². The van der Waals surface area contributed by atoms with E-state index in [1.807, 2.05) is 12.1 Å². The molecule has 0 aromatic heterocycles. The summed E-state index contributed by atoms with van der Waals surface area (Å²) >= 11 is 0. The molecule has 0 spiro atoms. The second kappa shape index (κ2) is 6.34. The van der Waals surface area contributed by atoms with Crippen molar-refractivity contribution in [1.29, 1.82) is 0 Å². The number of cyclic esters (lactones) is 1. The highest BCUT2D eigenvalue weighted by molar-refractivity contribution is 5.93. The van der Waals surface area contributed by atoms with Gasteiger partial charge in [0, 0.05) is 18.2 Å². The Morgan fingerprint density at radius 3 is 2.76 bits per heavy atom. The number of esters is 1. The predicted octanol–water partition coefficient (Wildman–Crippen LogP) is 4.70. The molecule has 0 bridgehead atoms. The summed E-state index contributed by atoms with van der Waals surface area (Å²) in [7, 11) is 2.14. The molecule has 0 aliphatic carbocycles. The van der Waals surface area contributed by atoms with Crippen molar-refractivity contribution in [3.05, 3.63) is 82.9 Å². The summed E-state index contributed by atoms with van der Waals surface area (Å²) in [5.74, 6) is -0.209. The van der Waals surface area contributed by atoms with Crippen LogP contribution in [0.15, 0.2) is 60.7 Å². The monoisotopic (exact) mass is 331 g/mol. The van der Waals surface area contributed by atoms with Crippen molar-refractivity contribution in [2.75, 3.05) is 7.05 Å². The number of hydrogen-bond donors (Lipinski definition) is 0. The Morgan fingerprint density at radius 2 is 1.88 bits per heavy atom. The number of ether oxygens (including phenoxy) is 1. The van der Waals surface area contributed by atoms with E-state index in [1.165, 1.54) is 21.9 Å². The standard InChI is InChI=1S/C22H21NO2/c1-15(19-9-5-7-17-6-3-4-8-20(17)19)23(2)13-16-10-11-21-18(12-16)14-25-22(21)24/h3-12,15H,13-14H2,1-2H3/t15-/m1/s1. The lowest BCUT2D eigenvalue weighted by molar-refractivity contribution is 0.0535. The third-order valence-electron chi connectivity index (χ3n) is 5.11. The molecule has 3 aromatic rings. The molecule has 1 heterocycles. The van der Waals surface area contributed by atoms with Gasteiger partial charge < -0.3 is 4.74 Å². The topological polar surface area (TPSA) is 29.5 Å². The molecule has 1 atom stereocenters. The molecule has 0 N–H and O–H groups in total. The lowest BCUT2D eigenvalue weighted by Crippen LogP contribution is -2.22. The Morgan fingerprint density at radius 1 is 1.08 bits per heavy atom. The average Bonchev–Trinajstić information content (AvgIpc) is 3.01.